The molecule has 1 atom stereocenters. The molecule has 0 aliphatic carbocycles. The summed E-state index contributed by atoms with van der Waals surface area (Å²) in [4.78, 5) is 14.5. The zero-order chi connectivity index (χ0) is 16.6. The Bertz CT molecular complexity index is 825. The Labute approximate surface area is 139 Å². The van der Waals surface area contributed by atoms with Crippen LogP contribution in [0.5, 0.6) is 0 Å². The summed E-state index contributed by atoms with van der Waals surface area (Å²) in [7, 11) is -3.17. The van der Waals surface area contributed by atoms with Crippen LogP contribution < -0.4 is 0 Å². The summed E-state index contributed by atoms with van der Waals surface area (Å²) in [6.45, 7) is 4.63. The molecule has 3 rings (SSSR count). The van der Waals surface area contributed by atoms with Gasteiger partial charge in [-0.15, -0.1) is 0 Å². The first-order valence-electron chi connectivity index (χ1n) is 7.36. The largest absolute Gasteiger partial charge is 0.329 e. The Hall–Kier alpha value is -1.74. The molecule has 1 aliphatic heterocycles. The van der Waals surface area contributed by atoms with Gasteiger partial charge in [0.2, 0.25) is 0 Å². The standard InChI is InChI=1S/C14H18N4O3S2/c1-3-17-7-11(6-15-17)13-9-23(20,21)5-4-18(13)14(19)12-8-22-16-10(12)2/h6-8,13H,3-5,9H2,1-2H3/t13-/m0/s1. The molecule has 3 heterocycles. The minimum absolute atomic E-state index is 0.00618. The maximum absolute atomic E-state index is 12.8. The van der Waals surface area contributed by atoms with Crippen LogP contribution in [0, 0.1) is 6.92 Å². The lowest BCUT2D eigenvalue weighted by Crippen LogP contribution is -2.46. The third-order valence-corrected chi connectivity index (χ3v) is 6.38. The summed E-state index contributed by atoms with van der Waals surface area (Å²) in [6, 6.07) is -0.499. The summed E-state index contributed by atoms with van der Waals surface area (Å²) in [5.74, 6) is -0.237. The number of rotatable bonds is 3. The van der Waals surface area contributed by atoms with Gasteiger partial charge in [-0.2, -0.15) is 9.47 Å². The molecule has 2 aromatic rings. The number of aryl methyl sites for hydroxylation is 2. The molecule has 0 radical (unpaired) electrons. The summed E-state index contributed by atoms with van der Waals surface area (Å²) < 4.78 is 30.0. The fourth-order valence-corrected chi connectivity index (χ4v) is 4.88. The van der Waals surface area contributed by atoms with Gasteiger partial charge >= 0.3 is 0 Å². The first-order chi connectivity index (χ1) is 10.9. The van der Waals surface area contributed by atoms with Gasteiger partial charge in [0, 0.05) is 30.2 Å². The monoisotopic (exact) mass is 354 g/mol. The van der Waals surface area contributed by atoms with Crippen molar-refractivity contribution in [1.29, 1.82) is 0 Å². The van der Waals surface area contributed by atoms with Gasteiger partial charge in [0.05, 0.1) is 35.0 Å². The maximum Gasteiger partial charge on any atom is 0.257 e. The van der Waals surface area contributed by atoms with Crippen molar-refractivity contribution in [1.82, 2.24) is 19.1 Å². The van der Waals surface area contributed by atoms with Crippen molar-refractivity contribution in [2.75, 3.05) is 18.1 Å². The number of aromatic nitrogens is 3. The highest BCUT2D eigenvalue weighted by molar-refractivity contribution is 7.91. The Balaban J connectivity index is 1.96. The lowest BCUT2D eigenvalue weighted by Gasteiger charge is -2.35. The highest BCUT2D eigenvalue weighted by atomic mass is 32.2. The minimum Gasteiger partial charge on any atom is -0.329 e. The molecule has 1 aliphatic rings. The fraction of sp³-hybridized carbons (Fsp3) is 0.500. The molecule has 0 bridgehead atoms. The van der Waals surface area contributed by atoms with Crippen LogP contribution in [-0.2, 0) is 16.4 Å². The molecule has 0 saturated carbocycles. The molecule has 23 heavy (non-hydrogen) atoms. The average Bonchev–Trinajstić information content (AvgIpc) is 3.14. The first-order valence-corrected chi connectivity index (χ1v) is 10.0. The topological polar surface area (TPSA) is 85.2 Å². The van der Waals surface area contributed by atoms with Gasteiger partial charge in [-0.05, 0) is 25.4 Å². The van der Waals surface area contributed by atoms with Crippen molar-refractivity contribution in [2.45, 2.75) is 26.4 Å². The molecule has 0 aromatic carbocycles. The van der Waals surface area contributed by atoms with E-state index >= 15 is 0 Å². The molecule has 0 spiro atoms. The van der Waals surface area contributed by atoms with Crippen molar-refractivity contribution in [3.05, 3.63) is 34.6 Å². The van der Waals surface area contributed by atoms with Crippen LogP contribution in [0.25, 0.3) is 0 Å². The van der Waals surface area contributed by atoms with Crippen LogP contribution in [0.15, 0.2) is 17.8 Å². The summed E-state index contributed by atoms with van der Waals surface area (Å²) in [6.07, 6.45) is 3.46. The average molecular weight is 354 g/mol. The molecule has 0 N–H and O–H groups in total. The van der Waals surface area contributed by atoms with E-state index in [2.05, 4.69) is 9.47 Å². The molecule has 9 heteroatoms. The van der Waals surface area contributed by atoms with E-state index in [-0.39, 0.29) is 24.0 Å². The van der Waals surface area contributed by atoms with E-state index in [1.807, 2.05) is 13.1 Å². The molecule has 1 fully saturated rings. The molecule has 124 valence electrons. The Kier molecular flexibility index (Phi) is 4.24. The van der Waals surface area contributed by atoms with Crippen molar-refractivity contribution in [3.8, 4) is 0 Å². The normalized spacial score (nSPS) is 20.6. The molecule has 1 saturated heterocycles. The highest BCUT2D eigenvalue weighted by Crippen LogP contribution is 2.29. The number of carbonyl (C=O) groups excluding carboxylic acids is 1. The van der Waals surface area contributed by atoms with E-state index in [1.54, 1.807) is 28.1 Å². The Morgan fingerprint density at radius 1 is 1.48 bits per heavy atom. The lowest BCUT2D eigenvalue weighted by molar-refractivity contribution is 0.0697. The Morgan fingerprint density at radius 3 is 2.87 bits per heavy atom. The van der Waals surface area contributed by atoms with E-state index < -0.39 is 15.9 Å². The van der Waals surface area contributed by atoms with Crippen molar-refractivity contribution < 1.29 is 13.2 Å². The highest BCUT2D eigenvalue weighted by Gasteiger charge is 2.36. The number of amides is 1. The second-order valence-corrected chi connectivity index (χ2v) is 8.43. The number of nitrogens with zero attached hydrogens (tertiary/aromatic N) is 4. The lowest BCUT2D eigenvalue weighted by atomic mass is 10.1. The van der Waals surface area contributed by atoms with Crippen LogP contribution >= 0.6 is 11.5 Å². The van der Waals surface area contributed by atoms with Crippen LogP contribution in [-0.4, -0.2) is 51.4 Å². The number of sulfone groups is 1. The van der Waals surface area contributed by atoms with Crippen LogP contribution in [0.1, 0.15) is 34.6 Å². The number of hydrogen-bond acceptors (Lipinski definition) is 6. The van der Waals surface area contributed by atoms with Gasteiger partial charge in [-0.25, -0.2) is 8.42 Å². The summed E-state index contributed by atoms with van der Waals surface area (Å²) in [5.41, 5.74) is 1.97. The first kappa shape index (κ1) is 16.1. The quantitative estimate of drug-likeness (QED) is 0.829. The maximum atomic E-state index is 12.8. The SMILES string of the molecule is CCn1cc([C@@H]2CS(=O)(=O)CCN2C(=O)c2csnc2C)cn1. The Morgan fingerprint density at radius 2 is 2.26 bits per heavy atom. The van der Waals surface area contributed by atoms with E-state index in [0.717, 1.165) is 5.56 Å². The van der Waals surface area contributed by atoms with Gasteiger partial charge in [0.1, 0.15) is 0 Å². The predicted molar refractivity (Wildman–Crippen MR) is 87.2 cm³/mol. The van der Waals surface area contributed by atoms with E-state index in [4.69, 9.17) is 0 Å². The van der Waals surface area contributed by atoms with Crippen molar-refractivity contribution >= 4 is 27.3 Å². The molecular weight excluding hydrogens is 336 g/mol. The van der Waals surface area contributed by atoms with Gasteiger partial charge in [0.25, 0.3) is 5.91 Å². The smallest absolute Gasteiger partial charge is 0.257 e. The summed E-state index contributed by atoms with van der Waals surface area (Å²) >= 11 is 1.23. The third-order valence-electron chi connectivity index (χ3n) is 4.03. The van der Waals surface area contributed by atoms with E-state index in [1.165, 1.54) is 11.5 Å². The van der Waals surface area contributed by atoms with Gasteiger partial charge < -0.3 is 4.90 Å². The van der Waals surface area contributed by atoms with E-state index in [0.29, 0.717) is 17.8 Å². The molecule has 2 aromatic heterocycles. The third kappa shape index (κ3) is 3.16. The van der Waals surface area contributed by atoms with Crippen molar-refractivity contribution in [3.63, 3.8) is 0 Å². The predicted octanol–water partition coefficient (Wildman–Crippen LogP) is 1.28. The second-order valence-electron chi connectivity index (χ2n) is 5.57. The van der Waals surface area contributed by atoms with Crippen LogP contribution in [0.3, 0.4) is 0 Å². The zero-order valence-corrected chi connectivity index (χ0v) is 14.6. The van der Waals surface area contributed by atoms with Crippen LogP contribution in [0.2, 0.25) is 0 Å². The fourth-order valence-electron chi connectivity index (χ4n) is 2.70. The van der Waals surface area contributed by atoms with Crippen LogP contribution in [0.4, 0.5) is 0 Å². The number of hydrogen-bond donors (Lipinski definition) is 0. The van der Waals surface area contributed by atoms with E-state index in [9.17, 15) is 13.2 Å². The molecule has 7 nitrogen and oxygen atoms in total. The number of carbonyl (C=O) groups is 1. The van der Waals surface area contributed by atoms with Gasteiger partial charge in [0.15, 0.2) is 9.84 Å². The second kappa shape index (κ2) is 6.04. The van der Waals surface area contributed by atoms with Gasteiger partial charge in [-0.1, -0.05) is 0 Å². The van der Waals surface area contributed by atoms with Crippen molar-refractivity contribution in [2.24, 2.45) is 0 Å². The minimum atomic E-state index is -3.17. The summed E-state index contributed by atoms with van der Waals surface area (Å²) in [5, 5.41) is 5.92. The molecule has 0 unspecified atom stereocenters. The zero-order valence-electron chi connectivity index (χ0n) is 13.0. The molecular formula is C14H18N4O3S2. The molecule has 1 amide bonds. The van der Waals surface area contributed by atoms with Gasteiger partial charge in [-0.3, -0.25) is 9.48 Å².